The van der Waals surface area contributed by atoms with Crippen LogP contribution in [-0.4, -0.2) is 30.3 Å². The van der Waals surface area contributed by atoms with Gasteiger partial charge in [0.15, 0.2) is 0 Å². The normalized spacial score (nSPS) is 14.8. The Hall–Kier alpha value is -4.04. The molecular weight excluding hydrogens is 426 g/mol. The molecule has 170 valence electrons. The van der Waals surface area contributed by atoms with Crippen molar-refractivity contribution in [2.24, 2.45) is 0 Å². The monoisotopic (exact) mass is 451 g/mol. The summed E-state index contributed by atoms with van der Waals surface area (Å²) in [5.41, 5.74) is 5.73. The van der Waals surface area contributed by atoms with Crippen LogP contribution in [0.3, 0.4) is 0 Å². The van der Waals surface area contributed by atoms with Crippen LogP contribution in [0.15, 0.2) is 72.8 Å². The Morgan fingerprint density at radius 2 is 1.56 bits per heavy atom. The molecule has 0 aliphatic heterocycles. The molecule has 0 aromatic heterocycles. The van der Waals surface area contributed by atoms with Gasteiger partial charge < -0.3 is 15.2 Å². The molecule has 5 heteroatoms. The molecule has 1 amide bonds. The van der Waals surface area contributed by atoms with Gasteiger partial charge >= 0.3 is 12.1 Å². The minimum absolute atomic E-state index is 0.0387. The molecule has 1 fully saturated rings. The zero-order chi connectivity index (χ0) is 23.5. The van der Waals surface area contributed by atoms with Crippen molar-refractivity contribution in [3.8, 4) is 23.0 Å². The molecule has 34 heavy (non-hydrogen) atoms. The van der Waals surface area contributed by atoms with E-state index in [1.165, 1.54) is 22.3 Å². The van der Waals surface area contributed by atoms with Gasteiger partial charge in [-0.3, -0.25) is 4.79 Å². The molecule has 0 heterocycles. The molecule has 5 rings (SSSR count). The lowest BCUT2D eigenvalue weighted by Crippen LogP contribution is -2.26. The van der Waals surface area contributed by atoms with Crippen molar-refractivity contribution in [3.63, 3.8) is 0 Å². The second-order valence-corrected chi connectivity index (χ2v) is 8.77. The minimum atomic E-state index is -0.759. The summed E-state index contributed by atoms with van der Waals surface area (Å²) in [6.45, 7) is 0.680. The van der Waals surface area contributed by atoms with Gasteiger partial charge in [0.05, 0.1) is 5.41 Å². The van der Waals surface area contributed by atoms with Gasteiger partial charge in [0, 0.05) is 24.4 Å². The van der Waals surface area contributed by atoms with E-state index in [-0.39, 0.29) is 12.5 Å². The Labute approximate surface area is 198 Å². The Balaban J connectivity index is 1.10. The standard InChI is InChI=1S/C29H25NO4/c31-27(32)29(16-17-29)21-14-12-20(13-15-21)7-5-6-18-30-28(33)34-19-26-24-10-3-1-8-22(24)23-9-2-4-11-25(23)26/h1-4,8-15,26H,6,16-19H2,(H,30,33)(H,31,32). The van der Waals surface area contributed by atoms with Crippen LogP contribution < -0.4 is 5.32 Å². The van der Waals surface area contributed by atoms with E-state index in [4.69, 9.17) is 4.74 Å². The van der Waals surface area contributed by atoms with Gasteiger partial charge in [0.1, 0.15) is 6.61 Å². The van der Waals surface area contributed by atoms with E-state index in [1.54, 1.807) is 0 Å². The summed E-state index contributed by atoms with van der Waals surface area (Å²) in [6, 6.07) is 23.9. The highest BCUT2D eigenvalue weighted by Crippen LogP contribution is 2.48. The molecule has 1 saturated carbocycles. The lowest BCUT2D eigenvalue weighted by Gasteiger charge is -2.14. The fourth-order valence-corrected chi connectivity index (χ4v) is 4.66. The fourth-order valence-electron chi connectivity index (χ4n) is 4.66. The van der Waals surface area contributed by atoms with Gasteiger partial charge in [-0.15, -0.1) is 0 Å². The number of amides is 1. The Bertz CT molecular complexity index is 1250. The number of carbonyl (C=O) groups is 2. The number of carbonyl (C=O) groups excluding carboxylic acids is 1. The molecule has 2 aliphatic rings. The van der Waals surface area contributed by atoms with Gasteiger partial charge in [-0.25, -0.2) is 4.79 Å². The minimum Gasteiger partial charge on any atom is -0.481 e. The molecule has 0 saturated heterocycles. The molecule has 0 unspecified atom stereocenters. The van der Waals surface area contributed by atoms with Crippen molar-refractivity contribution < 1.29 is 19.4 Å². The second-order valence-electron chi connectivity index (χ2n) is 8.77. The topological polar surface area (TPSA) is 75.6 Å². The lowest BCUT2D eigenvalue weighted by atomic mass is 9.95. The predicted octanol–water partition coefficient (Wildman–Crippen LogP) is 5.08. The summed E-state index contributed by atoms with van der Waals surface area (Å²) in [5.74, 6) is 5.38. The maximum absolute atomic E-state index is 12.2. The number of hydrogen-bond donors (Lipinski definition) is 2. The zero-order valence-electron chi connectivity index (χ0n) is 18.7. The summed E-state index contributed by atoms with van der Waals surface area (Å²) in [6.07, 6.45) is 1.42. The number of benzene rings is 3. The molecule has 0 spiro atoms. The van der Waals surface area contributed by atoms with E-state index in [0.29, 0.717) is 25.8 Å². The van der Waals surface area contributed by atoms with E-state index in [0.717, 1.165) is 11.1 Å². The molecule has 5 nitrogen and oxygen atoms in total. The number of carboxylic acid groups (broad SMARTS) is 1. The summed E-state index contributed by atoms with van der Waals surface area (Å²) >= 11 is 0. The van der Waals surface area contributed by atoms with E-state index < -0.39 is 17.5 Å². The van der Waals surface area contributed by atoms with Crippen LogP contribution in [0.1, 0.15) is 47.4 Å². The summed E-state index contributed by atoms with van der Waals surface area (Å²) in [5, 5.41) is 12.1. The second kappa shape index (κ2) is 9.07. The molecular formula is C29H25NO4. The lowest BCUT2D eigenvalue weighted by molar-refractivity contribution is -0.140. The van der Waals surface area contributed by atoms with Crippen molar-refractivity contribution in [1.29, 1.82) is 0 Å². The van der Waals surface area contributed by atoms with Crippen molar-refractivity contribution in [3.05, 3.63) is 95.1 Å². The van der Waals surface area contributed by atoms with Crippen LogP contribution in [0.2, 0.25) is 0 Å². The predicted molar refractivity (Wildman–Crippen MR) is 130 cm³/mol. The van der Waals surface area contributed by atoms with Crippen LogP contribution in [-0.2, 0) is 14.9 Å². The molecule has 2 N–H and O–H groups in total. The average Bonchev–Trinajstić information content (AvgIpc) is 3.62. The van der Waals surface area contributed by atoms with Crippen molar-refractivity contribution in [1.82, 2.24) is 5.32 Å². The van der Waals surface area contributed by atoms with Crippen molar-refractivity contribution in [2.45, 2.75) is 30.6 Å². The highest BCUT2D eigenvalue weighted by Gasteiger charge is 2.51. The number of nitrogens with one attached hydrogen (secondary N) is 1. The van der Waals surface area contributed by atoms with Crippen molar-refractivity contribution >= 4 is 12.1 Å². The zero-order valence-corrected chi connectivity index (χ0v) is 18.7. The number of hydrogen-bond acceptors (Lipinski definition) is 3. The number of ether oxygens (including phenoxy) is 1. The first-order chi connectivity index (χ1) is 16.6. The van der Waals surface area contributed by atoms with Crippen LogP contribution in [0.25, 0.3) is 11.1 Å². The molecule has 3 aromatic carbocycles. The van der Waals surface area contributed by atoms with E-state index in [9.17, 15) is 14.7 Å². The van der Waals surface area contributed by atoms with Gasteiger partial charge in [-0.1, -0.05) is 72.5 Å². The SMILES string of the molecule is O=C(NCCC#Cc1ccc(C2(C(=O)O)CC2)cc1)OCC1c2ccccc2-c2ccccc21. The molecule has 0 bridgehead atoms. The molecule has 0 atom stereocenters. The number of carboxylic acids is 1. The quantitative estimate of drug-likeness (QED) is 0.405. The van der Waals surface area contributed by atoms with E-state index in [1.807, 2.05) is 48.5 Å². The number of aliphatic carboxylic acids is 1. The first-order valence-electron chi connectivity index (χ1n) is 11.5. The number of rotatable bonds is 6. The highest BCUT2D eigenvalue weighted by molar-refractivity contribution is 5.85. The van der Waals surface area contributed by atoms with Crippen LogP contribution in [0, 0.1) is 11.8 Å². The fraction of sp³-hybridized carbons (Fsp3) is 0.241. The maximum atomic E-state index is 12.2. The molecule has 0 radical (unpaired) electrons. The Kier molecular flexibility index (Phi) is 5.81. The number of fused-ring (bicyclic) bond motifs is 3. The van der Waals surface area contributed by atoms with Gasteiger partial charge in [0.2, 0.25) is 0 Å². The first-order valence-corrected chi connectivity index (χ1v) is 11.5. The summed E-state index contributed by atoms with van der Waals surface area (Å²) < 4.78 is 5.53. The average molecular weight is 452 g/mol. The number of alkyl carbamates (subject to hydrolysis) is 1. The largest absolute Gasteiger partial charge is 0.481 e. The molecule has 3 aromatic rings. The summed E-state index contributed by atoms with van der Waals surface area (Å²) in [4.78, 5) is 23.6. The Morgan fingerprint density at radius 1 is 0.941 bits per heavy atom. The molecule has 2 aliphatic carbocycles. The Morgan fingerprint density at radius 3 is 2.15 bits per heavy atom. The van der Waals surface area contributed by atoms with Gasteiger partial charge in [-0.05, 0) is 52.8 Å². The summed E-state index contributed by atoms with van der Waals surface area (Å²) in [7, 11) is 0. The third-order valence-electron chi connectivity index (χ3n) is 6.69. The van der Waals surface area contributed by atoms with Crippen LogP contribution in [0.5, 0.6) is 0 Å². The van der Waals surface area contributed by atoms with E-state index in [2.05, 4.69) is 41.4 Å². The maximum Gasteiger partial charge on any atom is 0.407 e. The van der Waals surface area contributed by atoms with Crippen molar-refractivity contribution in [2.75, 3.05) is 13.2 Å². The third-order valence-corrected chi connectivity index (χ3v) is 6.69. The highest BCUT2D eigenvalue weighted by atomic mass is 16.5. The van der Waals surface area contributed by atoms with Crippen LogP contribution in [0.4, 0.5) is 4.79 Å². The smallest absolute Gasteiger partial charge is 0.407 e. The van der Waals surface area contributed by atoms with Crippen LogP contribution >= 0.6 is 0 Å². The van der Waals surface area contributed by atoms with Gasteiger partial charge in [0.25, 0.3) is 0 Å². The van der Waals surface area contributed by atoms with Gasteiger partial charge in [-0.2, -0.15) is 0 Å². The van der Waals surface area contributed by atoms with E-state index >= 15 is 0 Å². The third kappa shape index (κ3) is 4.15. The first kappa shape index (κ1) is 21.8.